The number of carbonyl (C=O) groups is 1. The van der Waals surface area contributed by atoms with Crippen LogP contribution in [-0.4, -0.2) is 36.1 Å². The molecule has 0 unspecified atom stereocenters. The lowest BCUT2D eigenvalue weighted by molar-refractivity contribution is -0.115. The molecule has 0 radical (unpaired) electrons. The molecule has 0 aliphatic heterocycles. The van der Waals surface area contributed by atoms with Crippen LogP contribution in [0.2, 0.25) is 0 Å². The lowest BCUT2D eigenvalue weighted by atomic mass is 10.3. The molecular weight excluding hydrogens is 344 g/mol. The van der Waals surface area contributed by atoms with Crippen LogP contribution in [0.4, 0.5) is 5.13 Å². The minimum absolute atomic E-state index is 0.142. The van der Waals surface area contributed by atoms with E-state index in [2.05, 4.69) is 25.7 Å². The van der Waals surface area contributed by atoms with Gasteiger partial charge in [-0.1, -0.05) is 41.3 Å². The molecule has 0 saturated heterocycles. The van der Waals surface area contributed by atoms with Crippen molar-refractivity contribution in [3.63, 3.8) is 0 Å². The molecule has 1 N–H and O–H groups in total. The molecule has 0 aliphatic carbocycles. The number of hydrogen-bond donors (Lipinski definition) is 1. The highest BCUT2D eigenvalue weighted by atomic mass is 32.2. The van der Waals surface area contributed by atoms with Crippen LogP contribution >= 0.6 is 23.1 Å². The third-order valence-corrected chi connectivity index (χ3v) is 5.01. The zero-order chi connectivity index (χ0) is 17.1. The molecule has 3 aromatic rings. The van der Waals surface area contributed by atoms with Gasteiger partial charge in [-0.05, 0) is 32.9 Å². The third kappa shape index (κ3) is 3.62. The fraction of sp³-hybridized carbons (Fsp3) is 0.267. The van der Waals surface area contributed by atoms with Gasteiger partial charge in [0.05, 0.1) is 5.25 Å². The number of thioether (sulfide) groups is 1. The number of nitrogens with zero attached hydrogens (tertiary/aromatic N) is 5. The summed E-state index contributed by atoms with van der Waals surface area (Å²) in [6.07, 6.45) is 0. The van der Waals surface area contributed by atoms with Gasteiger partial charge in [-0.3, -0.25) is 14.7 Å². The van der Waals surface area contributed by atoms with Crippen molar-refractivity contribution in [1.29, 1.82) is 0 Å². The van der Waals surface area contributed by atoms with Gasteiger partial charge in [0.25, 0.3) is 0 Å². The average molecular weight is 360 g/mol. The Morgan fingerprint density at radius 3 is 2.58 bits per heavy atom. The van der Waals surface area contributed by atoms with E-state index in [-0.39, 0.29) is 11.2 Å². The molecule has 124 valence electrons. The zero-order valence-corrected chi connectivity index (χ0v) is 15.1. The second kappa shape index (κ2) is 7.10. The molecule has 3 rings (SSSR count). The SMILES string of the molecule is Cc1nnc(NC(=O)[C@@H](C)Sc2nnc(C)n2-c2ccccc2)s1. The van der Waals surface area contributed by atoms with Gasteiger partial charge >= 0.3 is 0 Å². The second-order valence-electron chi connectivity index (χ2n) is 5.08. The molecule has 1 amide bonds. The van der Waals surface area contributed by atoms with Crippen molar-refractivity contribution >= 4 is 34.1 Å². The minimum atomic E-state index is -0.347. The van der Waals surface area contributed by atoms with E-state index in [1.165, 1.54) is 23.1 Å². The van der Waals surface area contributed by atoms with Gasteiger partial charge in [-0.2, -0.15) is 0 Å². The van der Waals surface area contributed by atoms with Crippen molar-refractivity contribution in [3.05, 3.63) is 41.2 Å². The van der Waals surface area contributed by atoms with E-state index >= 15 is 0 Å². The van der Waals surface area contributed by atoms with E-state index in [1.807, 2.05) is 55.7 Å². The van der Waals surface area contributed by atoms with E-state index in [1.54, 1.807) is 0 Å². The largest absolute Gasteiger partial charge is 0.300 e. The number of rotatable bonds is 5. The van der Waals surface area contributed by atoms with Crippen LogP contribution in [0, 0.1) is 13.8 Å². The summed E-state index contributed by atoms with van der Waals surface area (Å²) in [7, 11) is 0. The van der Waals surface area contributed by atoms with Crippen molar-refractivity contribution in [2.24, 2.45) is 0 Å². The molecule has 1 atom stereocenters. The summed E-state index contributed by atoms with van der Waals surface area (Å²) < 4.78 is 1.93. The number of amides is 1. The van der Waals surface area contributed by atoms with E-state index in [9.17, 15) is 4.79 Å². The maximum absolute atomic E-state index is 12.3. The summed E-state index contributed by atoms with van der Waals surface area (Å²) in [5.41, 5.74) is 0.967. The fourth-order valence-corrected chi connectivity index (χ4v) is 3.57. The topological polar surface area (TPSA) is 85.6 Å². The number of aryl methyl sites for hydroxylation is 2. The summed E-state index contributed by atoms with van der Waals surface area (Å²) in [6, 6.07) is 9.83. The molecule has 7 nitrogen and oxygen atoms in total. The monoisotopic (exact) mass is 360 g/mol. The Labute approximate surface area is 147 Å². The quantitative estimate of drug-likeness (QED) is 0.704. The second-order valence-corrected chi connectivity index (χ2v) is 7.57. The maximum Gasteiger partial charge on any atom is 0.239 e. The molecule has 1 aromatic carbocycles. The van der Waals surface area contributed by atoms with Crippen LogP contribution in [0.1, 0.15) is 17.8 Å². The van der Waals surface area contributed by atoms with Gasteiger partial charge in [0, 0.05) is 5.69 Å². The first-order chi connectivity index (χ1) is 11.5. The Bertz CT molecular complexity index is 845. The van der Waals surface area contributed by atoms with Gasteiger partial charge in [-0.15, -0.1) is 20.4 Å². The number of anilines is 1. The molecule has 0 bridgehead atoms. The Hall–Kier alpha value is -2.26. The predicted octanol–water partition coefficient (Wildman–Crippen LogP) is 2.85. The van der Waals surface area contributed by atoms with Crippen LogP contribution in [0.5, 0.6) is 0 Å². The van der Waals surface area contributed by atoms with Gasteiger partial charge in [-0.25, -0.2) is 0 Å². The van der Waals surface area contributed by atoms with Crippen LogP contribution in [-0.2, 0) is 4.79 Å². The molecule has 0 aliphatic rings. The lowest BCUT2D eigenvalue weighted by Crippen LogP contribution is -2.22. The van der Waals surface area contributed by atoms with Crippen molar-refractivity contribution in [1.82, 2.24) is 25.0 Å². The summed E-state index contributed by atoms with van der Waals surface area (Å²) in [4.78, 5) is 12.3. The molecular formula is C15H16N6OS2. The third-order valence-electron chi connectivity index (χ3n) is 3.22. The first kappa shape index (κ1) is 16.6. The zero-order valence-electron chi connectivity index (χ0n) is 13.4. The Balaban J connectivity index is 1.75. The molecule has 24 heavy (non-hydrogen) atoms. The first-order valence-electron chi connectivity index (χ1n) is 7.29. The van der Waals surface area contributed by atoms with Crippen LogP contribution in [0.25, 0.3) is 5.69 Å². The molecule has 2 aromatic heterocycles. The Morgan fingerprint density at radius 2 is 1.92 bits per heavy atom. The lowest BCUT2D eigenvalue weighted by Gasteiger charge is -2.12. The van der Waals surface area contributed by atoms with Crippen molar-refractivity contribution in [2.75, 3.05) is 5.32 Å². The van der Waals surface area contributed by atoms with E-state index < -0.39 is 0 Å². The van der Waals surface area contributed by atoms with Crippen LogP contribution in [0.15, 0.2) is 35.5 Å². The van der Waals surface area contributed by atoms with E-state index in [4.69, 9.17) is 0 Å². The molecule has 0 spiro atoms. The minimum Gasteiger partial charge on any atom is -0.300 e. The normalized spacial score (nSPS) is 12.1. The van der Waals surface area contributed by atoms with Gasteiger partial charge in [0.15, 0.2) is 5.16 Å². The summed E-state index contributed by atoms with van der Waals surface area (Å²) in [5, 5.41) is 20.5. The first-order valence-corrected chi connectivity index (χ1v) is 8.99. The number of para-hydroxylation sites is 1. The van der Waals surface area contributed by atoms with E-state index in [0.29, 0.717) is 10.3 Å². The smallest absolute Gasteiger partial charge is 0.239 e. The summed E-state index contributed by atoms with van der Waals surface area (Å²) in [5.74, 6) is 0.632. The number of aromatic nitrogens is 5. The molecule has 9 heteroatoms. The summed E-state index contributed by atoms with van der Waals surface area (Å²) >= 11 is 2.70. The number of nitrogens with one attached hydrogen (secondary N) is 1. The Kier molecular flexibility index (Phi) is 4.91. The maximum atomic E-state index is 12.3. The number of carbonyl (C=O) groups excluding carboxylic acids is 1. The average Bonchev–Trinajstić information content (AvgIpc) is 3.14. The fourth-order valence-electron chi connectivity index (χ4n) is 2.06. The molecule has 0 saturated carbocycles. The number of benzene rings is 1. The highest BCUT2D eigenvalue weighted by Crippen LogP contribution is 2.26. The summed E-state index contributed by atoms with van der Waals surface area (Å²) in [6.45, 7) is 5.56. The van der Waals surface area contributed by atoms with Crippen molar-refractivity contribution in [2.45, 2.75) is 31.2 Å². The van der Waals surface area contributed by atoms with Crippen molar-refractivity contribution < 1.29 is 4.79 Å². The van der Waals surface area contributed by atoms with E-state index in [0.717, 1.165) is 16.5 Å². The Morgan fingerprint density at radius 1 is 1.17 bits per heavy atom. The van der Waals surface area contributed by atoms with Gasteiger partial charge in [0.1, 0.15) is 10.8 Å². The van der Waals surface area contributed by atoms with Gasteiger partial charge < -0.3 is 0 Å². The highest BCUT2D eigenvalue weighted by Gasteiger charge is 2.20. The highest BCUT2D eigenvalue weighted by molar-refractivity contribution is 8.00. The number of hydrogen-bond acceptors (Lipinski definition) is 7. The van der Waals surface area contributed by atoms with Crippen LogP contribution < -0.4 is 5.32 Å². The van der Waals surface area contributed by atoms with Gasteiger partial charge in [0.2, 0.25) is 11.0 Å². The molecule has 2 heterocycles. The van der Waals surface area contributed by atoms with Crippen molar-refractivity contribution in [3.8, 4) is 5.69 Å². The standard InChI is InChI=1S/C15H16N6OS2/c1-9(13(22)16-14-19-18-11(3)24-14)23-15-20-17-10(2)21(15)12-7-5-4-6-8-12/h4-9H,1-3H3,(H,16,19,22)/t9-/m1/s1. The van der Waals surface area contributed by atoms with Crippen LogP contribution in [0.3, 0.4) is 0 Å². The predicted molar refractivity (Wildman–Crippen MR) is 94.7 cm³/mol. The molecule has 0 fully saturated rings.